The molecule has 0 aromatic heterocycles. The molecule has 1 fully saturated rings. The molecule has 1 aromatic rings. The lowest BCUT2D eigenvalue weighted by Crippen LogP contribution is -2.40. The average Bonchev–Trinajstić information content (AvgIpc) is 2.98. The highest BCUT2D eigenvalue weighted by Gasteiger charge is 2.23. The van der Waals surface area contributed by atoms with Crippen molar-refractivity contribution in [3.8, 4) is 0 Å². The molecule has 1 atom stereocenters. The van der Waals surface area contributed by atoms with Gasteiger partial charge in [0.1, 0.15) is 0 Å². The molecule has 1 aromatic carbocycles. The molecule has 0 aliphatic carbocycles. The van der Waals surface area contributed by atoms with Crippen molar-refractivity contribution in [1.29, 1.82) is 0 Å². The van der Waals surface area contributed by atoms with E-state index in [1.165, 1.54) is 12.8 Å². The van der Waals surface area contributed by atoms with Gasteiger partial charge in [-0.3, -0.25) is 9.69 Å². The van der Waals surface area contributed by atoms with Crippen LogP contribution < -0.4 is 5.32 Å². The number of hydrogen-bond acceptors (Lipinski definition) is 3. The summed E-state index contributed by atoms with van der Waals surface area (Å²) in [4.78, 5) is 14.7. The van der Waals surface area contributed by atoms with Crippen LogP contribution in [0.2, 0.25) is 0 Å². The highest BCUT2D eigenvalue weighted by Crippen LogP contribution is 2.16. The quantitative estimate of drug-likeness (QED) is 0.812. The second-order valence-electron chi connectivity index (χ2n) is 7.14. The van der Waals surface area contributed by atoms with Gasteiger partial charge in [-0.2, -0.15) is 0 Å². The van der Waals surface area contributed by atoms with Gasteiger partial charge >= 0.3 is 0 Å². The zero-order chi connectivity index (χ0) is 16.9. The molecule has 0 unspecified atom stereocenters. The summed E-state index contributed by atoms with van der Waals surface area (Å²) >= 11 is 0. The zero-order valence-corrected chi connectivity index (χ0v) is 14.6. The Bertz CT molecular complexity index is 505. The number of hydrogen-bond donors (Lipinski definition) is 2. The first-order valence-corrected chi connectivity index (χ1v) is 8.72. The summed E-state index contributed by atoms with van der Waals surface area (Å²) in [6, 6.07) is 8.20. The van der Waals surface area contributed by atoms with Crippen molar-refractivity contribution in [2.24, 2.45) is 0 Å². The van der Waals surface area contributed by atoms with E-state index in [2.05, 4.69) is 17.1 Å². The van der Waals surface area contributed by atoms with Gasteiger partial charge in [0.05, 0.1) is 5.60 Å². The smallest absolute Gasteiger partial charge is 0.251 e. The fourth-order valence-corrected chi connectivity index (χ4v) is 3.13. The van der Waals surface area contributed by atoms with E-state index in [1.807, 2.05) is 38.1 Å². The molecule has 0 bridgehead atoms. The topological polar surface area (TPSA) is 52.6 Å². The van der Waals surface area contributed by atoms with Crippen LogP contribution >= 0.6 is 0 Å². The number of likely N-dealkylation sites (N-methyl/N-ethyl adjacent to an activating group) is 1. The van der Waals surface area contributed by atoms with Crippen LogP contribution in [0.15, 0.2) is 24.3 Å². The molecule has 2 N–H and O–H groups in total. The van der Waals surface area contributed by atoms with E-state index in [0.29, 0.717) is 18.0 Å². The number of rotatable bonds is 7. The van der Waals surface area contributed by atoms with Crippen LogP contribution in [-0.2, 0) is 6.42 Å². The van der Waals surface area contributed by atoms with E-state index in [1.54, 1.807) is 0 Å². The van der Waals surface area contributed by atoms with Crippen LogP contribution in [0.1, 0.15) is 56.0 Å². The summed E-state index contributed by atoms with van der Waals surface area (Å²) in [6.45, 7) is 8.73. The first kappa shape index (κ1) is 18.0. The SMILES string of the molecule is CCN1CCC[C@@H]1CNC(=O)c1ccc(CCC(C)(C)O)cc1. The van der Waals surface area contributed by atoms with E-state index in [4.69, 9.17) is 0 Å². The number of carbonyl (C=O) groups is 1. The first-order valence-electron chi connectivity index (χ1n) is 8.72. The van der Waals surface area contributed by atoms with E-state index in [-0.39, 0.29) is 5.91 Å². The van der Waals surface area contributed by atoms with Crippen LogP contribution in [0.5, 0.6) is 0 Å². The van der Waals surface area contributed by atoms with Crippen molar-refractivity contribution >= 4 is 5.91 Å². The molecular weight excluding hydrogens is 288 g/mol. The standard InChI is InChI=1S/C19H30N2O2/c1-4-21-13-5-6-17(21)14-20-18(22)16-9-7-15(8-10-16)11-12-19(2,3)23/h7-10,17,23H,4-6,11-14H2,1-3H3,(H,20,22)/t17-/m1/s1. The number of carbonyl (C=O) groups excluding carboxylic acids is 1. The van der Waals surface area contributed by atoms with E-state index >= 15 is 0 Å². The number of nitrogens with one attached hydrogen (secondary N) is 1. The maximum absolute atomic E-state index is 12.3. The molecule has 2 rings (SSSR count). The Morgan fingerprint density at radius 3 is 2.65 bits per heavy atom. The highest BCUT2D eigenvalue weighted by atomic mass is 16.3. The molecule has 0 saturated carbocycles. The molecule has 0 radical (unpaired) electrons. The Morgan fingerprint density at radius 1 is 1.35 bits per heavy atom. The average molecular weight is 318 g/mol. The minimum absolute atomic E-state index is 0.00184. The van der Waals surface area contributed by atoms with Crippen molar-refractivity contribution in [2.45, 2.75) is 58.1 Å². The largest absolute Gasteiger partial charge is 0.390 e. The lowest BCUT2D eigenvalue weighted by atomic mass is 9.98. The fourth-order valence-electron chi connectivity index (χ4n) is 3.13. The molecule has 4 nitrogen and oxygen atoms in total. The minimum atomic E-state index is -0.650. The van der Waals surface area contributed by atoms with E-state index < -0.39 is 5.60 Å². The molecule has 0 spiro atoms. The van der Waals surface area contributed by atoms with Gasteiger partial charge in [0, 0.05) is 18.2 Å². The molecule has 1 saturated heterocycles. The second kappa shape index (κ2) is 7.93. The second-order valence-corrected chi connectivity index (χ2v) is 7.14. The fraction of sp³-hybridized carbons (Fsp3) is 0.632. The van der Waals surface area contributed by atoms with Crippen LogP contribution in [-0.4, -0.2) is 47.2 Å². The Hall–Kier alpha value is -1.39. The van der Waals surface area contributed by atoms with Crippen molar-refractivity contribution in [1.82, 2.24) is 10.2 Å². The Labute approximate surface area is 139 Å². The number of benzene rings is 1. The summed E-state index contributed by atoms with van der Waals surface area (Å²) in [6.07, 6.45) is 3.93. The number of nitrogens with zero attached hydrogens (tertiary/aromatic N) is 1. The predicted octanol–water partition coefficient (Wildman–Crippen LogP) is 2.60. The Balaban J connectivity index is 1.83. The third-order valence-corrected chi connectivity index (χ3v) is 4.65. The summed E-state index contributed by atoms with van der Waals surface area (Å²) in [5.41, 5.74) is 1.21. The van der Waals surface area contributed by atoms with Crippen molar-refractivity contribution in [3.05, 3.63) is 35.4 Å². The molecule has 1 amide bonds. The minimum Gasteiger partial charge on any atom is -0.390 e. The number of amides is 1. The van der Waals surface area contributed by atoms with Gasteiger partial charge in [-0.25, -0.2) is 0 Å². The molecular formula is C19H30N2O2. The van der Waals surface area contributed by atoms with Gasteiger partial charge in [0.25, 0.3) is 5.91 Å². The third kappa shape index (κ3) is 5.63. The van der Waals surface area contributed by atoms with Crippen LogP contribution in [0.4, 0.5) is 0 Å². The first-order chi connectivity index (χ1) is 10.9. The third-order valence-electron chi connectivity index (χ3n) is 4.65. The van der Waals surface area contributed by atoms with Crippen molar-refractivity contribution in [2.75, 3.05) is 19.6 Å². The number of aliphatic hydroxyl groups is 1. The molecule has 128 valence electrons. The van der Waals surface area contributed by atoms with Gasteiger partial charge in [-0.05, 0) is 70.3 Å². The van der Waals surface area contributed by atoms with Gasteiger partial charge in [-0.15, -0.1) is 0 Å². The molecule has 1 aliphatic rings. The lowest BCUT2D eigenvalue weighted by Gasteiger charge is -2.22. The normalized spacial score (nSPS) is 19.0. The molecule has 1 heterocycles. The summed E-state index contributed by atoms with van der Waals surface area (Å²) < 4.78 is 0. The molecule has 23 heavy (non-hydrogen) atoms. The monoisotopic (exact) mass is 318 g/mol. The van der Waals surface area contributed by atoms with E-state index in [0.717, 1.165) is 31.6 Å². The van der Waals surface area contributed by atoms with Crippen molar-refractivity contribution < 1.29 is 9.90 Å². The number of aryl methyl sites for hydroxylation is 1. The van der Waals surface area contributed by atoms with Crippen LogP contribution in [0.3, 0.4) is 0 Å². The summed E-state index contributed by atoms with van der Waals surface area (Å²) in [5.74, 6) is 0.00184. The highest BCUT2D eigenvalue weighted by molar-refractivity contribution is 5.94. The summed E-state index contributed by atoms with van der Waals surface area (Å²) in [5, 5.41) is 12.8. The molecule has 4 heteroatoms. The predicted molar refractivity (Wildman–Crippen MR) is 93.7 cm³/mol. The number of likely N-dealkylation sites (tertiary alicyclic amines) is 1. The van der Waals surface area contributed by atoms with Gasteiger partial charge in [0.2, 0.25) is 0 Å². The Morgan fingerprint density at radius 2 is 2.04 bits per heavy atom. The maximum atomic E-state index is 12.3. The molecule has 1 aliphatic heterocycles. The maximum Gasteiger partial charge on any atom is 0.251 e. The van der Waals surface area contributed by atoms with Gasteiger partial charge in [-0.1, -0.05) is 19.1 Å². The zero-order valence-electron chi connectivity index (χ0n) is 14.6. The van der Waals surface area contributed by atoms with E-state index in [9.17, 15) is 9.90 Å². The van der Waals surface area contributed by atoms with Crippen LogP contribution in [0, 0.1) is 0 Å². The van der Waals surface area contributed by atoms with Gasteiger partial charge < -0.3 is 10.4 Å². The van der Waals surface area contributed by atoms with Crippen molar-refractivity contribution in [3.63, 3.8) is 0 Å². The van der Waals surface area contributed by atoms with Crippen LogP contribution in [0.25, 0.3) is 0 Å². The lowest BCUT2D eigenvalue weighted by molar-refractivity contribution is 0.0713. The summed E-state index contributed by atoms with van der Waals surface area (Å²) in [7, 11) is 0. The van der Waals surface area contributed by atoms with Gasteiger partial charge in [0.15, 0.2) is 0 Å². The Kier molecular flexibility index (Phi) is 6.19.